The normalized spacial score (nSPS) is 11.0. The van der Waals surface area contributed by atoms with Crippen molar-refractivity contribution in [1.82, 2.24) is 0 Å². The van der Waals surface area contributed by atoms with Gasteiger partial charge in [-0.15, -0.1) is 0 Å². The second-order valence-corrected chi connectivity index (χ2v) is 4.27. The number of nitrogens with zero attached hydrogens (tertiary/aromatic N) is 1. The Morgan fingerprint density at radius 3 is 2.18 bits per heavy atom. The number of benzene rings is 1. The lowest BCUT2D eigenvalue weighted by Gasteiger charge is -2.11. The second kappa shape index (κ2) is 4.91. The van der Waals surface area contributed by atoms with E-state index in [0.29, 0.717) is 0 Å². The van der Waals surface area contributed by atoms with Gasteiger partial charge in [0.15, 0.2) is 0 Å². The molecule has 2 heteroatoms. The third-order valence-electron chi connectivity index (χ3n) is 2.61. The molecule has 0 aliphatic carbocycles. The topological polar surface area (TPSA) is 16.4 Å². The SMILES string of the molecule is Cc1ccc(/C=C/c2ccc(N(C)C)cc2)o1. The molecule has 88 valence electrons. The molecule has 0 radical (unpaired) electrons. The Morgan fingerprint density at radius 1 is 0.941 bits per heavy atom. The summed E-state index contributed by atoms with van der Waals surface area (Å²) in [5.74, 6) is 1.83. The van der Waals surface area contributed by atoms with Crippen molar-refractivity contribution in [2.45, 2.75) is 6.92 Å². The van der Waals surface area contributed by atoms with Crippen LogP contribution in [-0.4, -0.2) is 14.1 Å². The summed E-state index contributed by atoms with van der Waals surface area (Å²) in [6.45, 7) is 1.95. The standard InChI is InChI=1S/C15H17NO/c1-12-4-10-15(17-12)11-7-13-5-8-14(9-6-13)16(2)3/h4-11H,1-3H3/b11-7+. The van der Waals surface area contributed by atoms with E-state index in [-0.39, 0.29) is 0 Å². The first-order valence-corrected chi connectivity index (χ1v) is 5.67. The van der Waals surface area contributed by atoms with Crippen molar-refractivity contribution in [2.75, 3.05) is 19.0 Å². The summed E-state index contributed by atoms with van der Waals surface area (Å²) in [6.07, 6.45) is 4.04. The van der Waals surface area contributed by atoms with E-state index in [9.17, 15) is 0 Å². The fraction of sp³-hybridized carbons (Fsp3) is 0.200. The first-order chi connectivity index (χ1) is 8.15. The molecular weight excluding hydrogens is 210 g/mol. The summed E-state index contributed by atoms with van der Waals surface area (Å²) in [5.41, 5.74) is 2.38. The Balaban J connectivity index is 2.11. The van der Waals surface area contributed by atoms with Gasteiger partial charge in [-0.05, 0) is 42.8 Å². The predicted octanol–water partition coefficient (Wildman–Crippen LogP) is 3.82. The molecule has 0 saturated carbocycles. The number of anilines is 1. The molecule has 0 bridgehead atoms. The van der Waals surface area contributed by atoms with Gasteiger partial charge in [-0.25, -0.2) is 0 Å². The predicted molar refractivity (Wildman–Crippen MR) is 73.1 cm³/mol. The lowest BCUT2D eigenvalue weighted by atomic mass is 10.2. The Hall–Kier alpha value is -1.96. The summed E-state index contributed by atoms with van der Waals surface area (Å²) in [4.78, 5) is 2.09. The molecule has 0 fully saturated rings. The number of aryl methyl sites for hydroxylation is 1. The van der Waals surface area contributed by atoms with Crippen molar-refractivity contribution >= 4 is 17.8 Å². The van der Waals surface area contributed by atoms with E-state index in [1.807, 2.05) is 39.2 Å². The third kappa shape index (κ3) is 3.00. The summed E-state index contributed by atoms with van der Waals surface area (Å²) in [6, 6.07) is 12.3. The molecule has 1 aromatic carbocycles. The summed E-state index contributed by atoms with van der Waals surface area (Å²) < 4.78 is 5.47. The van der Waals surface area contributed by atoms with Gasteiger partial charge >= 0.3 is 0 Å². The Labute approximate surface area is 102 Å². The molecule has 0 atom stereocenters. The molecule has 0 aliphatic heterocycles. The average molecular weight is 227 g/mol. The van der Waals surface area contributed by atoms with Gasteiger partial charge in [0.25, 0.3) is 0 Å². The van der Waals surface area contributed by atoms with Crippen LogP contribution < -0.4 is 4.90 Å². The highest BCUT2D eigenvalue weighted by molar-refractivity contribution is 5.68. The molecule has 1 heterocycles. The van der Waals surface area contributed by atoms with E-state index >= 15 is 0 Å². The van der Waals surface area contributed by atoms with Crippen LogP contribution in [0.4, 0.5) is 5.69 Å². The molecule has 2 rings (SSSR count). The van der Waals surface area contributed by atoms with Crippen LogP contribution in [0.3, 0.4) is 0 Å². The summed E-state index contributed by atoms with van der Waals surface area (Å²) in [5, 5.41) is 0. The molecule has 0 N–H and O–H groups in total. The van der Waals surface area contributed by atoms with E-state index < -0.39 is 0 Å². The fourth-order valence-electron chi connectivity index (χ4n) is 1.60. The highest BCUT2D eigenvalue weighted by atomic mass is 16.3. The molecule has 2 aromatic rings. The minimum Gasteiger partial charge on any atom is -0.462 e. The van der Waals surface area contributed by atoms with Gasteiger partial charge in [0, 0.05) is 19.8 Å². The second-order valence-electron chi connectivity index (χ2n) is 4.27. The molecule has 17 heavy (non-hydrogen) atoms. The minimum absolute atomic E-state index is 0.888. The van der Waals surface area contributed by atoms with Crippen LogP contribution in [0.5, 0.6) is 0 Å². The highest BCUT2D eigenvalue weighted by Crippen LogP contribution is 2.15. The third-order valence-corrected chi connectivity index (χ3v) is 2.61. The van der Waals surface area contributed by atoms with Crippen molar-refractivity contribution < 1.29 is 4.42 Å². The van der Waals surface area contributed by atoms with Gasteiger partial charge in [0.2, 0.25) is 0 Å². The first kappa shape index (κ1) is 11.5. The average Bonchev–Trinajstić information content (AvgIpc) is 2.73. The number of hydrogen-bond acceptors (Lipinski definition) is 2. The van der Waals surface area contributed by atoms with Gasteiger partial charge in [-0.3, -0.25) is 0 Å². The minimum atomic E-state index is 0.888. The van der Waals surface area contributed by atoms with Gasteiger partial charge in [-0.2, -0.15) is 0 Å². The first-order valence-electron chi connectivity index (χ1n) is 5.67. The van der Waals surface area contributed by atoms with E-state index in [0.717, 1.165) is 11.5 Å². The smallest absolute Gasteiger partial charge is 0.127 e. The molecule has 1 aromatic heterocycles. The van der Waals surface area contributed by atoms with E-state index in [4.69, 9.17) is 4.42 Å². The monoisotopic (exact) mass is 227 g/mol. The molecule has 0 amide bonds. The van der Waals surface area contributed by atoms with Crippen molar-refractivity contribution in [2.24, 2.45) is 0 Å². The maximum atomic E-state index is 5.47. The number of rotatable bonds is 3. The van der Waals surface area contributed by atoms with Crippen molar-refractivity contribution in [3.8, 4) is 0 Å². The van der Waals surface area contributed by atoms with Crippen molar-refractivity contribution in [3.63, 3.8) is 0 Å². The molecule has 2 nitrogen and oxygen atoms in total. The van der Waals surface area contributed by atoms with Crippen LogP contribution in [0.25, 0.3) is 12.2 Å². The summed E-state index contributed by atoms with van der Waals surface area (Å²) >= 11 is 0. The van der Waals surface area contributed by atoms with Crippen molar-refractivity contribution in [3.05, 3.63) is 53.5 Å². The highest BCUT2D eigenvalue weighted by Gasteiger charge is 1.95. The maximum Gasteiger partial charge on any atom is 0.127 e. The maximum absolute atomic E-state index is 5.47. The van der Waals surface area contributed by atoms with E-state index in [1.165, 1.54) is 11.3 Å². The lowest BCUT2D eigenvalue weighted by molar-refractivity contribution is 0.525. The van der Waals surface area contributed by atoms with Gasteiger partial charge in [0.1, 0.15) is 11.5 Å². The van der Waals surface area contributed by atoms with Gasteiger partial charge < -0.3 is 9.32 Å². The summed E-state index contributed by atoms with van der Waals surface area (Å²) in [7, 11) is 4.08. The Morgan fingerprint density at radius 2 is 1.65 bits per heavy atom. The Bertz CT molecular complexity index is 506. The fourth-order valence-corrected chi connectivity index (χ4v) is 1.60. The number of hydrogen-bond donors (Lipinski definition) is 0. The zero-order valence-electron chi connectivity index (χ0n) is 10.5. The van der Waals surface area contributed by atoms with Gasteiger partial charge in [0.05, 0.1) is 0 Å². The largest absolute Gasteiger partial charge is 0.462 e. The zero-order valence-corrected chi connectivity index (χ0v) is 10.5. The van der Waals surface area contributed by atoms with Gasteiger partial charge in [-0.1, -0.05) is 18.2 Å². The van der Waals surface area contributed by atoms with E-state index in [2.05, 4.69) is 35.2 Å². The molecule has 0 saturated heterocycles. The van der Waals surface area contributed by atoms with Crippen LogP contribution in [0.1, 0.15) is 17.1 Å². The lowest BCUT2D eigenvalue weighted by Crippen LogP contribution is -2.07. The van der Waals surface area contributed by atoms with Crippen molar-refractivity contribution in [1.29, 1.82) is 0 Å². The van der Waals surface area contributed by atoms with Crippen LogP contribution in [0.2, 0.25) is 0 Å². The quantitative estimate of drug-likeness (QED) is 0.792. The van der Waals surface area contributed by atoms with Crippen LogP contribution in [-0.2, 0) is 0 Å². The van der Waals surface area contributed by atoms with Crippen LogP contribution in [0, 0.1) is 6.92 Å². The van der Waals surface area contributed by atoms with Crippen LogP contribution in [0.15, 0.2) is 40.8 Å². The number of furan rings is 1. The molecular formula is C15H17NO. The molecule has 0 aliphatic rings. The molecule has 0 unspecified atom stereocenters. The van der Waals surface area contributed by atoms with Crippen LogP contribution >= 0.6 is 0 Å². The Kier molecular flexibility index (Phi) is 3.33. The zero-order chi connectivity index (χ0) is 12.3. The molecule has 0 spiro atoms. The van der Waals surface area contributed by atoms with E-state index in [1.54, 1.807) is 0 Å².